The molecule has 0 saturated carbocycles. The number of ether oxygens (including phenoxy) is 1. The van der Waals surface area contributed by atoms with Crippen LogP contribution in [0.3, 0.4) is 0 Å². The largest absolute Gasteiger partial charge is 0.388 e. The van der Waals surface area contributed by atoms with Crippen molar-refractivity contribution in [3.05, 3.63) is 0 Å². The Morgan fingerprint density at radius 3 is 2.55 bits per heavy atom. The van der Waals surface area contributed by atoms with E-state index in [4.69, 9.17) is 20.1 Å². The quantitative estimate of drug-likeness (QED) is 0.396. The number of carbonyl (C=O) groups is 1. The van der Waals surface area contributed by atoms with Gasteiger partial charge in [-0.05, 0) is 0 Å². The summed E-state index contributed by atoms with van der Waals surface area (Å²) in [5.41, 5.74) is 0. The minimum absolute atomic E-state index is 0.0449. The van der Waals surface area contributed by atoms with Crippen LogP contribution in [-0.4, -0.2) is 52.6 Å². The molecule has 0 unspecified atom stereocenters. The van der Waals surface area contributed by atoms with E-state index in [2.05, 4.69) is 0 Å². The second-order valence-electron chi connectivity index (χ2n) is 2.48. The van der Waals surface area contributed by atoms with Crippen LogP contribution in [0.25, 0.3) is 0 Å². The van der Waals surface area contributed by atoms with Gasteiger partial charge >= 0.3 is 0 Å². The van der Waals surface area contributed by atoms with Gasteiger partial charge in [-0.2, -0.15) is 0 Å². The molecule has 0 aliphatic carbocycles. The van der Waals surface area contributed by atoms with Crippen LogP contribution in [0.15, 0.2) is 0 Å². The van der Waals surface area contributed by atoms with Crippen molar-refractivity contribution in [1.29, 1.82) is 0 Å². The molecule has 0 aromatic rings. The molecule has 1 aliphatic heterocycles. The van der Waals surface area contributed by atoms with E-state index in [1.165, 1.54) is 0 Å². The maximum Gasteiger partial charge on any atom is 0.151 e. The normalized spacial score (nSPS) is 40.5. The molecule has 4 atom stereocenters. The van der Waals surface area contributed by atoms with E-state index < -0.39 is 24.4 Å². The fraction of sp³-hybridized carbons (Fsp3) is 0.833. The zero-order valence-corrected chi connectivity index (χ0v) is 5.75. The number of aliphatic hydroxyl groups excluding tert-OH is 3. The molecule has 0 spiro atoms. The van der Waals surface area contributed by atoms with E-state index in [0.29, 0.717) is 0 Å². The number of hydrogen-bond donors (Lipinski definition) is 3. The molecule has 0 radical (unpaired) electrons. The fourth-order valence-electron chi connectivity index (χ4n) is 1.00. The molecule has 5 heteroatoms. The first-order valence-corrected chi connectivity index (χ1v) is 3.28. The van der Waals surface area contributed by atoms with Crippen molar-refractivity contribution in [3.63, 3.8) is 0 Å². The first kappa shape index (κ1) is 8.61. The lowest BCUT2D eigenvalue weighted by Crippen LogP contribution is -2.39. The molecule has 1 rings (SSSR count). The lowest BCUT2D eigenvalue weighted by molar-refractivity contribution is -0.124. The zero-order chi connectivity index (χ0) is 8.43. The lowest BCUT2D eigenvalue weighted by Gasteiger charge is -2.15. The average molecular weight is 162 g/mol. The summed E-state index contributed by atoms with van der Waals surface area (Å²) in [4.78, 5) is 10.0. The summed E-state index contributed by atoms with van der Waals surface area (Å²) in [5, 5.41) is 26.9. The third kappa shape index (κ3) is 1.57. The standard InChI is InChI=1S/C6H10O5/c7-1-3(8)6-5(10)4(9)2-11-6/h1,3-6,8-10H,2H2/t3-,4-,5+,6-/m1/s1. The third-order valence-electron chi connectivity index (χ3n) is 1.67. The zero-order valence-electron chi connectivity index (χ0n) is 5.75. The summed E-state index contributed by atoms with van der Waals surface area (Å²) in [6.07, 6.45) is -4.25. The van der Waals surface area contributed by atoms with Crippen LogP contribution in [0.1, 0.15) is 0 Å². The van der Waals surface area contributed by atoms with Crippen LogP contribution in [0.4, 0.5) is 0 Å². The van der Waals surface area contributed by atoms with Crippen LogP contribution in [0.2, 0.25) is 0 Å². The molecule has 1 fully saturated rings. The summed E-state index contributed by atoms with van der Waals surface area (Å²) < 4.78 is 4.75. The Morgan fingerprint density at radius 2 is 2.18 bits per heavy atom. The number of hydrogen-bond acceptors (Lipinski definition) is 5. The minimum atomic E-state index is -1.36. The second-order valence-corrected chi connectivity index (χ2v) is 2.48. The Kier molecular flexibility index (Phi) is 2.56. The van der Waals surface area contributed by atoms with Crippen molar-refractivity contribution in [2.24, 2.45) is 0 Å². The van der Waals surface area contributed by atoms with Crippen molar-refractivity contribution >= 4 is 6.29 Å². The highest BCUT2D eigenvalue weighted by Gasteiger charge is 2.38. The highest BCUT2D eigenvalue weighted by atomic mass is 16.5. The van der Waals surface area contributed by atoms with Gasteiger partial charge in [0, 0.05) is 0 Å². The average Bonchev–Trinajstić information content (AvgIpc) is 2.32. The maximum absolute atomic E-state index is 10.0. The number of carbonyl (C=O) groups excluding carboxylic acids is 1. The molecule has 0 aromatic heterocycles. The molecule has 1 heterocycles. The van der Waals surface area contributed by atoms with Gasteiger partial charge in [0.25, 0.3) is 0 Å². The first-order chi connectivity index (χ1) is 5.16. The summed E-state index contributed by atoms with van der Waals surface area (Å²) in [6, 6.07) is 0. The van der Waals surface area contributed by atoms with Crippen molar-refractivity contribution < 1.29 is 24.9 Å². The number of aliphatic hydroxyl groups is 3. The Morgan fingerprint density at radius 1 is 1.55 bits per heavy atom. The highest BCUT2D eigenvalue weighted by Crippen LogP contribution is 2.16. The van der Waals surface area contributed by atoms with Crippen LogP contribution in [-0.2, 0) is 9.53 Å². The second kappa shape index (κ2) is 3.27. The smallest absolute Gasteiger partial charge is 0.151 e. The van der Waals surface area contributed by atoms with E-state index in [1.54, 1.807) is 0 Å². The van der Waals surface area contributed by atoms with E-state index in [0.717, 1.165) is 0 Å². The van der Waals surface area contributed by atoms with E-state index in [-0.39, 0.29) is 12.9 Å². The van der Waals surface area contributed by atoms with Gasteiger partial charge in [-0.25, -0.2) is 0 Å². The highest BCUT2D eigenvalue weighted by molar-refractivity contribution is 5.57. The SMILES string of the molecule is O=C[C@@H](O)[C@H]1OC[C@@H](O)[C@@H]1O. The molecule has 11 heavy (non-hydrogen) atoms. The predicted molar refractivity (Wildman–Crippen MR) is 33.8 cm³/mol. The van der Waals surface area contributed by atoms with Crippen molar-refractivity contribution in [1.82, 2.24) is 0 Å². The molecular formula is C6H10O5. The summed E-state index contributed by atoms with van der Waals surface area (Å²) >= 11 is 0. The molecule has 3 N–H and O–H groups in total. The van der Waals surface area contributed by atoms with Crippen molar-refractivity contribution in [2.45, 2.75) is 24.4 Å². The molecule has 1 saturated heterocycles. The third-order valence-corrected chi connectivity index (χ3v) is 1.67. The van der Waals surface area contributed by atoms with Crippen LogP contribution in [0.5, 0.6) is 0 Å². The molecule has 0 bridgehead atoms. The van der Waals surface area contributed by atoms with Gasteiger partial charge < -0.3 is 24.9 Å². The van der Waals surface area contributed by atoms with Gasteiger partial charge in [-0.3, -0.25) is 0 Å². The first-order valence-electron chi connectivity index (χ1n) is 3.28. The maximum atomic E-state index is 10.0. The summed E-state index contributed by atoms with van der Waals surface area (Å²) in [7, 11) is 0. The fourth-order valence-corrected chi connectivity index (χ4v) is 1.00. The topological polar surface area (TPSA) is 87.0 Å². The van der Waals surface area contributed by atoms with Crippen LogP contribution >= 0.6 is 0 Å². The summed E-state index contributed by atoms with van der Waals surface area (Å²) in [5.74, 6) is 0. The molecule has 5 nitrogen and oxygen atoms in total. The molecule has 64 valence electrons. The van der Waals surface area contributed by atoms with Crippen molar-refractivity contribution in [3.8, 4) is 0 Å². The molecular weight excluding hydrogens is 152 g/mol. The van der Waals surface area contributed by atoms with Gasteiger partial charge in [0.15, 0.2) is 6.29 Å². The van der Waals surface area contributed by atoms with Gasteiger partial charge in [-0.15, -0.1) is 0 Å². The van der Waals surface area contributed by atoms with E-state index in [9.17, 15) is 4.79 Å². The Balaban J connectivity index is 2.54. The van der Waals surface area contributed by atoms with Gasteiger partial charge in [0.2, 0.25) is 0 Å². The minimum Gasteiger partial charge on any atom is -0.388 e. The molecule has 0 aromatic carbocycles. The van der Waals surface area contributed by atoms with Crippen LogP contribution < -0.4 is 0 Å². The molecule has 0 amide bonds. The number of rotatable bonds is 2. The van der Waals surface area contributed by atoms with Gasteiger partial charge in [-0.1, -0.05) is 0 Å². The molecule has 1 aliphatic rings. The van der Waals surface area contributed by atoms with Crippen LogP contribution in [0, 0.1) is 0 Å². The Bertz CT molecular complexity index is 148. The van der Waals surface area contributed by atoms with E-state index in [1.807, 2.05) is 0 Å². The lowest BCUT2D eigenvalue weighted by atomic mass is 10.1. The Hall–Kier alpha value is -0.490. The van der Waals surface area contributed by atoms with Crippen molar-refractivity contribution in [2.75, 3.05) is 6.61 Å². The monoisotopic (exact) mass is 162 g/mol. The van der Waals surface area contributed by atoms with Gasteiger partial charge in [0.1, 0.15) is 24.4 Å². The number of aldehydes is 1. The Labute approximate surface area is 63.2 Å². The van der Waals surface area contributed by atoms with Gasteiger partial charge in [0.05, 0.1) is 6.61 Å². The predicted octanol–water partition coefficient (Wildman–Crippen LogP) is -2.33. The summed E-state index contributed by atoms with van der Waals surface area (Å²) in [6.45, 7) is -0.0449. The van der Waals surface area contributed by atoms with E-state index >= 15 is 0 Å².